The van der Waals surface area contributed by atoms with E-state index in [0.29, 0.717) is 11.3 Å². The first-order valence-electron chi connectivity index (χ1n) is 6.83. The number of carbonyl (C=O) groups is 1. The van der Waals surface area contributed by atoms with Gasteiger partial charge in [0.15, 0.2) is 5.75 Å². The highest BCUT2D eigenvalue weighted by Crippen LogP contribution is 2.33. The van der Waals surface area contributed by atoms with Crippen molar-refractivity contribution in [2.75, 3.05) is 4.90 Å². The first-order valence-corrected chi connectivity index (χ1v) is 7.65. The van der Waals surface area contributed by atoms with Crippen molar-refractivity contribution in [3.63, 3.8) is 0 Å². The third-order valence-electron chi connectivity index (χ3n) is 3.00. The summed E-state index contributed by atoms with van der Waals surface area (Å²) in [6.07, 6.45) is -4.99. The summed E-state index contributed by atoms with van der Waals surface area (Å²) in [6, 6.07) is 5.57. The summed E-state index contributed by atoms with van der Waals surface area (Å²) in [5.41, 5.74) is 0.181. The summed E-state index contributed by atoms with van der Waals surface area (Å²) in [5.74, 6) is -0.702. The third-order valence-corrected chi connectivity index (χ3v) is 3.97. The zero-order valence-corrected chi connectivity index (χ0v) is 13.5. The maximum absolute atomic E-state index is 12.7. The van der Waals surface area contributed by atoms with E-state index < -0.39 is 17.1 Å². The highest BCUT2D eigenvalue weighted by atomic mass is 32.1. The maximum atomic E-state index is 12.7. The van der Waals surface area contributed by atoms with Gasteiger partial charge in [0.2, 0.25) is 10.9 Å². The van der Waals surface area contributed by atoms with Gasteiger partial charge in [0.1, 0.15) is 5.01 Å². The van der Waals surface area contributed by atoms with Crippen LogP contribution in [-0.4, -0.2) is 22.1 Å². The first-order chi connectivity index (χ1) is 11.2. The molecule has 0 bridgehead atoms. The van der Waals surface area contributed by atoms with Crippen LogP contribution < -0.4 is 9.84 Å². The van der Waals surface area contributed by atoms with Gasteiger partial charge in [0.05, 0.1) is 12.1 Å². The second kappa shape index (κ2) is 7.12. The van der Waals surface area contributed by atoms with Crippen LogP contribution in [0.3, 0.4) is 0 Å². The largest absolute Gasteiger partial charge is 0.445 e. The highest BCUT2D eigenvalue weighted by Gasteiger charge is 2.36. The Hall–Kier alpha value is -2.23. The van der Waals surface area contributed by atoms with E-state index in [-0.39, 0.29) is 28.9 Å². The van der Waals surface area contributed by atoms with Gasteiger partial charge in [-0.2, -0.15) is 13.2 Å². The van der Waals surface area contributed by atoms with E-state index in [1.54, 1.807) is 19.9 Å². The normalized spacial score (nSPS) is 11.6. The number of halogens is 4. The van der Waals surface area contributed by atoms with Crippen molar-refractivity contribution in [3.05, 3.63) is 34.3 Å². The number of nitrogens with zero attached hydrogens (tertiary/aromatic N) is 3. The Morgan fingerprint density at radius 3 is 2.50 bits per heavy atom. The highest BCUT2D eigenvalue weighted by molar-refractivity contribution is 7.11. The molecular formula is C14H13F4N3O2S. The predicted octanol–water partition coefficient (Wildman–Crippen LogP) is 3.80. The molecule has 1 aromatic carbocycles. The molecule has 0 radical (unpaired) electrons. The molecule has 2 aromatic rings. The number of hydrogen-bond acceptors (Lipinski definition) is 5. The van der Waals surface area contributed by atoms with Crippen molar-refractivity contribution in [2.45, 2.75) is 32.5 Å². The summed E-state index contributed by atoms with van der Waals surface area (Å²) in [6.45, 7) is 3.38. The summed E-state index contributed by atoms with van der Waals surface area (Å²) in [7, 11) is 0. The van der Waals surface area contributed by atoms with Gasteiger partial charge in [0, 0.05) is 10.6 Å². The number of carbonyl (C=O) groups excluding carboxylic acids is 1. The zero-order valence-electron chi connectivity index (χ0n) is 12.7. The Balaban J connectivity index is 2.26. The van der Waals surface area contributed by atoms with Crippen molar-refractivity contribution >= 4 is 22.9 Å². The van der Waals surface area contributed by atoms with Crippen LogP contribution in [0.2, 0.25) is 0 Å². The number of alkyl halides is 3. The molecule has 1 aromatic heterocycles. The van der Waals surface area contributed by atoms with Gasteiger partial charge in [-0.25, -0.2) is 0 Å². The van der Waals surface area contributed by atoms with E-state index in [9.17, 15) is 22.5 Å². The fraction of sp³-hybridized carbons (Fsp3) is 0.357. The molecule has 5 nitrogen and oxygen atoms in total. The molecule has 0 saturated heterocycles. The fourth-order valence-electron chi connectivity index (χ4n) is 2.08. The van der Waals surface area contributed by atoms with Gasteiger partial charge in [0.25, 0.3) is 0 Å². The molecule has 0 aliphatic carbocycles. The zero-order chi connectivity index (χ0) is 17.9. The fourth-order valence-corrected chi connectivity index (χ4v) is 2.77. The third kappa shape index (κ3) is 3.99. The lowest BCUT2D eigenvalue weighted by Gasteiger charge is -2.27. The minimum absolute atomic E-state index is 0.0726. The van der Waals surface area contributed by atoms with Crippen LogP contribution in [0.5, 0.6) is 5.75 Å². The summed E-state index contributed by atoms with van der Waals surface area (Å²) in [4.78, 5) is 17.5. The van der Waals surface area contributed by atoms with Gasteiger partial charge in [-0.1, -0.05) is 23.5 Å². The standard InChI is InChI=1S/C14H13F4N3O2S/c1-8(2)21(9-5-3-4-6-10(9)23-18)12(22)7-11-19-20-13(24-11)14(15,16)17/h3-6,8H,7H2,1-2H3. The van der Waals surface area contributed by atoms with Crippen molar-refractivity contribution in [1.29, 1.82) is 0 Å². The van der Waals surface area contributed by atoms with Crippen molar-refractivity contribution < 1.29 is 27.4 Å². The van der Waals surface area contributed by atoms with E-state index in [1.807, 2.05) is 0 Å². The molecular weight excluding hydrogens is 350 g/mol. The number of aromatic nitrogens is 2. The Labute approximate surface area is 138 Å². The number of para-hydroxylation sites is 2. The number of hydrogen-bond donors (Lipinski definition) is 0. The van der Waals surface area contributed by atoms with E-state index in [2.05, 4.69) is 15.1 Å². The summed E-state index contributed by atoms with van der Waals surface area (Å²) < 4.78 is 50.3. The molecule has 0 N–H and O–H groups in total. The van der Waals surface area contributed by atoms with E-state index in [1.165, 1.54) is 23.1 Å². The molecule has 2 rings (SSSR count). The van der Waals surface area contributed by atoms with Gasteiger partial charge in [-0.3, -0.25) is 9.74 Å². The minimum Gasteiger partial charge on any atom is -0.306 e. The molecule has 24 heavy (non-hydrogen) atoms. The SMILES string of the molecule is CC(C)N(C(=O)Cc1nnc(C(F)(F)F)s1)c1ccccc1OF. The number of rotatable bonds is 5. The Bertz CT molecular complexity index is 718. The summed E-state index contributed by atoms with van der Waals surface area (Å²) >= 11 is 0.302. The maximum Gasteiger partial charge on any atom is 0.445 e. The lowest BCUT2D eigenvalue weighted by atomic mass is 10.2. The number of anilines is 1. The van der Waals surface area contributed by atoms with Crippen LogP contribution >= 0.6 is 11.3 Å². The molecule has 0 aliphatic rings. The topological polar surface area (TPSA) is 55.3 Å². The molecule has 1 heterocycles. The molecule has 1 amide bonds. The average Bonchev–Trinajstić information content (AvgIpc) is 2.96. The molecule has 10 heteroatoms. The van der Waals surface area contributed by atoms with Crippen LogP contribution in [-0.2, 0) is 17.4 Å². The van der Waals surface area contributed by atoms with Crippen LogP contribution in [0.1, 0.15) is 23.9 Å². The molecule has 0 aliphatic heterocycles. The lowest BCUT2D eigenvalue weighted by molar-refractivity contribution is -0.138. The second-order valence-electron chi connectivity index (χ2n) is 5.08. The number of amides is 1. The van der Waals surface area contributed by atoms with Gasteiger partial charge >= 0.3 is 6.18 Å². The smallest absolute Gasteiger partial charge is 0.306 e. The summed E-state index contributed by atoms with van der Waals surface area (Å²) in [5, 5.41) is 5.25. The lowest BCUT2D eigenvalue weighted by Crippen LogP contribution is -2.38. The molecule has 0 spiro atoms. The molecule has 0 atom stereocenters. The van der Waals surface area contributed by atoms with Crippen LogP contribution in [0, 0.1) is 0 Å². The molecule has 0 fully saturated rings. The number of benzene rings is 1. The van der Waals surface area contributed by atoms with Crippen LogP contribution in [0.15, 0.2) is 24.3 Å². The molecule has 130 valence electrons. The quantitative estimate of drug-likeness (QED) is 0.758. The van der Waals surface area contributed by atoms with Gasteiger partial charge in [-0.05, 0) is 26.0 Å². The molecule has 0 unspecified atom stereocenters. The van der Waals surface area contributed by atoms with Crippen molar-refractivity contribution in [3.8, 4) is 5.75 Å². The van der Waals surface area contributed by atoms with Crippen molar-refractivity contribution in [2.24, 2.45) is 0 Å². The minimum atomic E-state index is -4.61. The predicted molar refractivity (Wildman–Crippen MR) is 79.4 cm³/mol. The Morgan fingerprint density at radius 2 is 1.96 bits per heavy atom. The van der Waals surface area contributed by atoms with E-state index in [0.717, 1.165) is 0 Å². The average molecular weight is 363 g/mol. The second-order valence-corrected chi connectivity index (χ2v) is 6.14. The molecule has 0 saturated carbocycles. The van der Waals surface area contributed by atoms with Crippen LogP contribution in [0.25, 0.3) is 0 Å². The van der Waals surface area contributed by atoms with E-state index >= 15 is 0 Å². The van der Waals surface area contributed by atoms with Gasteiger partial charge < -0.3 is 4.90 Å². The Kier molecular flexibility index (Phi) is 5.37. The van der Waals surface area contributed by atoms with Gasteiger partial charge in [-0.15, -0.1) is 10.2 Å². The van der Waals surface area contributed by atoms with Crippen LogP contribution in [0.4, 0.5) is 23.4 Å². The van der Waals surface area contributed by atoms with Crippen molar-refractivity contribution in [1.82, 2.24) is 10.2 Å². The monoisotopic (exact) mass is 363 g/mol. The van der Waals surface area contributed by atoms with E-state index in [4.69, 9.17) is 0 Å². The Morgan fingerprint density at radius 1 is 1.29 bits per heavy atom. The first kappa shape index (κ1) is 18.1.